The number of alkyl halides is 1. The Morgan fingerprint density at radius 3 is 2.49 bits per heavy atom. The van der Waals surface area contributed by atoms with Crippen molar-refractivity contribution in [3.63, 3.8) is 0 Å². The summed E-state index contributed by atoms with van der Waals surface area (Å²) >= 11 is 0. The molecule has 12 heteroatoms. The van der Waals surface area contributed by atoms with Crippen molar-refractivity contribution < 1.29 is 23.1 Å². The van der Waals surface area contributed by atoms with Gasteiger partial charge < -0.3 is 31.3 Å². The van der Waals surface area contributed by atoms with E-state index < -0.39 is 36.4 Å². The molecule has 41 heavy (non-hydrogen) atoms. The van der Waals surface area contributed by atoms with Gasteiger partial charge in [-0.2, -0.15) is 0 Å². The predicted molar refractivity (Wildman–Crippen MR) is 156 cm³/mol. The van der Waals surface area contributed by atoms with Gasteiger partial charge in [0.25, 0.3) is 0 Å². The summed E-state index contributed by atoms with van der Waals surface area (Å²) in [5, 5.41) is 12.4. The molecule has 0 radical (unpaired) electrons. The van der Waals surface area contributed by atoms with Gasteiger partial charge in [0.15, 0.2) is 0 Å². The summed E-state index contributed by atoms with van der Waals surface area (Å²) in [5.41, 5.74) is 7.42. The first kappa shape index (κ1) is 33.5. The minimum Gasteiger partial charge on any atom is -0.378 e. The van der Waals surface area contributed by atoms with Crippen LogP contribution in [0.4, 0.5) is 8.78 Å². The van der Waals surface area contributed by atoms with Gasteiger partial charge in [0.2, 0.25) is 11.8 Å². The number of hydrogen-bond donors (Lipinski definition) is 5. The van der Waals surface area contributed by atoms with E-state index in [0.717, 1.165) is 12.0 Å². The summed E-state index contributed by atoms with van der Waals surface area (Å²) in [6, 6.07) is -1.47. The van der Waals surface area contributed by atoms with Gasteiger partial charge in [-0.1, -0.05) is 25.2 Å². The first-order chi connectivity index (χ1) is 19.6. The molecule has 0 spiro atoms. The Labute approximate surface area is 243 Å². The Morgan fingerprint density at radius 2 is 1.88 bits per heavy atom. The highest BCUT2D eigenvalue weighted by Gasteiger charge is 2.43. The van der Waals surface area contributed by atoms with Crippen LogP contribution in [0.2, 0.25) is 0 Å². The maximum atomic E-state index is 15.4. The Hall–Kier alpha value is -1.96. The van der Waals surface area contributed by atoms with E-state index in [2.05, 4.69) is 32.7 Å². The highest BCUT2D eigenvalue weighted by molar-refractivity contribution is 5.81. The molecule has 3 aliphatic heterocycles. The molecule has 6 unspecified atom stereocenters. The predicted octanol–water partition coefficient (Wildman–Crippen LogP) is 0.659. The molecule has 10 nitrogen and oxygen atoms in total. The maximum absolute atomic E-state index is 15.4. The first-order valence-corrected chi connectivity index (χ1v) is 15.0. The number of rotatable bonds is 14. The van der Waals surface area contributed by atoms with E-state index in [1.54, 1.807) is 21.0 Å². The van der Waals surface area contributed by atoms with E-state index >= 15 is 4.39 Å². The zero-order valence-corrected chi connectivity index (χ0v) is 25.1. The number of nitrogens with one attached hydrogen (secondary N) is 4. The van der Waals surface area contributed by atoms with Crippen LogP contribution in [0, 0.1) is 11.8 Å². The number of allylic oxidation sites excluding steroid dienone is 1. The van der Waals surface area contributed by atoms with Crippen molar-refractivity contribution >= 4 is 11.8 Å². The van der Waals surface area contributed by atoms with Crippen molar-refractivity contribution in [2.75, 3.05) is 59.5 Å². The van der Waals surface area contributed by atoms with E-state index in [0.29, 0.717) is 52.1 Å². The number of nitrogens with zero attached hydrogens (tertiary/aromatic N) is 2. The van der Waals surface area contributed by atoms with Crippen molar-refractivity contribution in [3.05, 3.63) is 24.1 Å². The Morgan fingerprint density at radius 1 is 1.20 bits per heavy atom. The second-order valence-corrected chi connectivity index (χ2v) is 11.6. The number of likely N-dealkylation sites (tertiary alicyclic amines) is 2. The molecule has 0 bridgehead atoms. The lowest BCUT2D eigenvalue weighted by Gasteiger charge is -2.46. The van der Waals surface area contributed by atoms with Gasteiger partial charge in [-0.05, 0) is 46.2 Å². The van der Waals surface area contributed by atoms with Crippen LogP contribution < -0.4 is 27.0 Å². The topological polar surface area (TPSA) is 124 Å². The Bertz CT molecular complexity index is 909. The second kappa shape index (κ2) is 16.0. The van der Waals surface area contributed by atoms with Crippen molar-refractivity contribution in [1.82, 2.24) is 31.1 Å². The summed E-state index contributed by atoms with van der Waals surface area (Å²) in [4.78, 5) is 30.5. The van der Waals surface area contributed by atoms with Gasteiger partial charge in [-0.15, -0.1) is 0 Å². The second-order valence-electron chi connectivity index (χ2n) is 11.6. The summed E-state index contributed by atoms with van der Waals surface area (Å²) in [5.74, 6) is -1.33. The minimum absolute atomic E-state index is 0.0206. The highest BCUT2D eigenvalue weighted by Crippen LogP contribution is 2.27. The molecular formula is C29H51F2N7O3. The third kappa shape index (κ3) is 9.01. The number of halogens is 2. The molecule has 0 aromatic heterocycles. The molecule has 2 amide bonds. The van der Waals surface area contributed by atoms with Crippen LogP contribution in [0.15, 0.2) is 24.1 Å². The highest BCUT2D eigenvalue weighted by atomic mass is 19.1. The number of hydrogen-bond acceptors (Lipinski definition) is 8. The monoisotopic (exact) mass is 583 g/mol. The van der Waals surface area contributed by atoms with Crippen molar-refractivity contribution in [2.24, 2.45) is 17.6 Å². The third-order valence-electron chi connectivity index (χ3n) is 8.83. The van der Waals surface area contributed by atoms with Gasteiger partial charge in [0, 0.05) is 58.3 Å². The Kier molecular flexibility index (Phi) is 13.1. The molecular weight excluding hydrogens is 532 g/mol. The molecule has 3 heterocycles. The molecule has 0 aromatic carbocycles. The lowest BCUT2D eigenvalue weighted by Crippen LogP contribution is -2.68. The first-order valence-electron chi connectivity index (χ1n) is 15.0. The summed E-state index contributed by atoms with van der Waals surface area (Å²) in [6.07, 6.45) is 1.65. The van der Waals surface area contributed by atoms with Crippen LogP contribution in [-0.4, -0.2) is 118 Å². The van der Waals surface area contributed by atoms with E-state index in [1.165, 1.54) is 6.08 Å². The summed E-state index contributed by atoms with van der Waals surface area (Å²) < 4.78 is 34.6. The lowest BCUT2D eigenvalue weighted by molar-refractivity contribution is -0.149. The molecule has 6 N–H and O–H groups in total. The zero-order chi connectivity index (χ0) is 30.1. The Balaban J connectivity index is 1.65. The van der Waals surface area contributed by atoms with Gasteiger partial charge in [0.1, 0.15) is 12.0 Å². The van der Waals surface area contributed by atoms with Crippen LogP contribution in [0.3, 0.4) is 0 Å². The fourth-order valence-corrected chi connectivity index (χ4v) is 5.94. The number of nitrogens with two attached hydrogens (primary N) is 1. The third-order valence-corrected chi connectivity index (χ3v) is 8.83. The normalized spacial score (nSPS) is 27.1. The van der Waals surface area contributed by atoms with Gasteiger partial charge in [-0.3, -0.25) is 19.8 Å². The number of amides is 2. The summed E-state index contributed by atoms with van der Waals surface area (Å²) in [7, 11) is 1.66. The molecule has 0 aromatic rings. The molecule has 3 saturated heterocycles. The van der Waals surface area contributed by atoms with E-state index in [9.17, 15) is 14.0 Å². The molecule has 3 rings (SSSR count). The lowest BCUT2D eigenvalue weighted by atomic mass is 9.89. The average Bonchev–Trinajstić information content (AvgIpc) is 2.94. The van der Waals surface area contributed by atoms with Crippen molar-refractivity contribution in [3.8, 4) is 0 Å². The smallest absolute Gasteiger partial charge is 0.227 e. The fraction of sp³-hybridized carbons (Fsp3) is 0.793. The fourth-order valence-electron chi connectivity index (χ4n) is 5.94. The quantitative estimate of drug-likeness (QED) is 0.149. The van der Waals surface area contributed by atoms with Crippen LogP contribution >= 0.6 is 0 Å². The van der Waals surface area contributed by atoms with E-state index in [1.807, 2.05) is 11.8 Å². The van der Waals surface area contributed by atoms with Crippen molar-refractivity contribution in [1.29, 1.82) is 0 Å². The standard InChI is InChI=1S/C29H51F2N7O3/c1-6-18(3)12-35-27(32)25(19(4)34-13-21(30)7-2)28(39)36-24-15-33-14-23(31)26(24)37-10-8-20(9-11-37)29(40)38-16-22(17-38)41-5/h7,19-20,22-27,33-35H,3,6,8-17,32H2,1-2,4-5H3,(H,36,39)/b21-7+. The minimum atomic E-state index is -1.18. The molecule has 0 saturated carbocycles. The van der Waals surface area contributed by atoms with Crippen LogP contribution in [-0.2, 0) is 14.3 Å². The average molecular weight is 584 g/mol. The molecule has 234 valence electrons. The largest absolute Gasteiger partial charge is 0.378 e. The SMILES string of the molecule is C=C(CC)CNC(N)C(C(=O)NC1CNCC(F)C1N1CCC(C(=O)N2CC(OC)C2)CC1)C(C)NC/C(F)=C\C. The zero-order valence-electron chi connectivity index (χ0n) is 25.1. The van der Waals surface area contributed by atoms with Crippen LogP contribution in [0.25, 0.3) is 0 Å². The number of piperidine rings is 2. The van der Waals surface area contributed by atoms with Crippen LogP contribution in [0.5, 0.6) is 0 Å². The molecule has 0 aliphatic carbocycles. The number of carbonyl (C=O) groups excluding carboxylic acids is 2. The maximum Gasteiger partial charge on any atom is 0.227 e. The number of methoxy groups -OCH3 is 1. The van der Waals surface area contributed by atoms with Gasteiger partial charge >= 0.3 is 0 Å². The van der Waals surface area contributed by atoms with Crippen molar-refractivity contribution in [2.45, 2.75) is 76.6 Å². The molecule has 3 aliphatic rings. The summed E-state index contributed by atoms with van der Waals surface area (Å²) in [6.45, 7) is 12.9. The molecule has 6 atom stereocenters. The van der Waals surface area contributed by atoms with Crippen LogP contribution in [0.1, 0.15) is 40.0 Å². The number of ether oxygens (including phenoxy) is 1. The van der Waals surface area contributed by atoms with E-state index in [-0.39, 0.29) is 42.8 Å². The van der Waals surface area contributed by atoms with Gasteiger partial charge in [0.05, 0.1) is 30.3 Å². The number of carbonyl (C=O) groups is 2. The molecule has 3 fully saturated rings. The van der Waals surface area contributed by atoms with Gasteiger partial charge in [-0.25, -0.2) is 8.78 Å². The van der Waals surface area contributed by atoms with E-state index in [4.69, 9.17) is 10.5 Å².